The third-order valence-corrected chi connectivity index (χ3v) is 6.07. The number of nitrogens with two attached hydrogens (primary N) is 2. The van der Waals surface area contributed by atoms with Gasteiger partial charge in [-0.05, 0) is 44.1 Å². The van der Waals surface area contributed by atoms with Crippen LogP contribution in [-0.4, -0.2) is 69.5 Å². The van der Waals surface area contributed by atoms with Crippen molar-refractivity contribution in [1.29, 1.82) is 0 Å². The van der Waals surface area contributed by atoms with E-state index in [1.807, 2.05) is 27.7 Å². The van der Waals surface area contributed by atoms with Gasteiger partial charge in [-0.15, -0.1) is 0 Å². The SMILES string of the molecule is CCC(C)C(N)C(=O)NC(CCCCN)C(=O)NC(Cc1cnc[nH]1)C(=O)NC(CC(C)C)C(=O)O. The predicted molar refractivity (Wildman–Crippen MR) is 136 cm³/mol. The standard InChI is InChI=1S/C24H43N7O5/c1-5-15(4)20(26)23(34)29-17(8-6-7-9-25)21(32)30-18(11-16-12-27-13-28-16)22(33)31-19(24(35)36)10-14(2)3/h12-15,17-20H,5-11,25-26H2,1-4H3,(H,27,28)(H,29,34)(H,30,32)(H,31,33)(H,35,36). The van der Waals surface area contributed by atoms with Gasteiger partial charge in [0, 0.05) is 18.3 Å². The molecule has 0 radical (unpaired) electrons. The topological polar surface area (TPSA) is 205 Å². The van der Waals surface area contributed by atoms with Crippen molar-refractivity contribution >= 4 is 23.7 Å². The molecule has 3 amide bonds. The van der Waals surface area contributed by atoms with Crippen molar-refractivity contribution in [3.63, 3.8) is 0 Å². The van der Waals surface area contributed by atoms with Gasteiger partial charge in [0.15, 0.2) is 0 Å². The highest BCUT2D eigenvalue weighted by Crippen LogP contribution is 2.10. The maximum Gasteiger partial charge on any atom is 0.326 e. The molecule has 0 fully saturated rings. The number of carbonyl (C=O) groups is 4. The summed E-state index contributed by atoms with van der Waals surface area (Å²) >= 11 is 0. The lowest BCUT2D eigenvalue weighted by Gasteiger charge is -2.26. The molecule has 1 rings (SSSR count). The van der Waals surface area contributed by atoms with Crippen LogP contribution in [0.5, 0.6) is 0 Å². The number of H-pyrrole nitrogens is 1. The van der Waals surface area contributed by atoms with E-state index in [0.29, 0.717) is 37.9 Å². The van der Waals surface area contributed by atoms with Crippen LogP contribution in [0.15, 0.2) is 12.5 Å². The molecule has 0 aliphatic carbocycles. The van der Waals surface area contributed by atoms with Gasteiger partial charge in [0.05, 0.1) is 12.4 Å². The molecule has 5 atom stereocenters. The monoisotopic (exact) mass is 509 g/mol. The van der Waals surface area contributed by atoms with E-state index in [-0.39, 0.29) is 24.7 Å². The quantitative estimate of drug-likeness (QED) is 0.142. The van der Waals surface area contributed by atoms with Crippen LogP contribution in [0.25, 0.3) is 0 Å². The van der Waals surface area contributed by atoms with Crippen LogP contribution in [0, 0.1) is 11.8 Å². The van der Waals surface area contributed by atoms with Crippen molar-refractivity contribution in [1.82, 2.24) is 25.9 Å². The number of carbonyl (C=O) groups excluding carboxylic acids is 3. The molecule has 36 heavy (non-hydrogen) atoms. The second kappa shape index (κ2) is 15.9. The molecule has 204 valence electrons. The molecule has 0 aromatic carbocycles. The Labute approximate surface area is 212 Å². The van der Waals surface area contributed by atoms with Crippen LogP contribution in [0.2, 0.25) is 0 Å². The Bertz CT molecular complexity index is 831. The Morgan fingerprint density at radius 2 is 1.61 bits per heavy atom. The van der Waals surface area contributed by atoms with E-state index in [1.165, 1.54) is 12.5 Å². The Morgan fingerprint density at radius 1 is 1.00 bits per heavy atom. The molecular weight excluding hydrogens is 466 g/mol. The molecule has 1 heterocycles. The fourth-order valence-corrected chi connectivity index (χ4v) is 3.60. The number of hydrogen-bond acceptors (Lipinski definition) is 7. The first-order chi connectivity index (χ1) is 17.0. The number of carboxylic acid groups (broad SMARTS) is 1. The minimum Gasteiger partial charge on any atom is -0.480 e. The van der Waals surface area contributed by atoms with Gasteiger partial charge < -0.3 is 37.5 Å². The third-order valence-electron chi connectivity index (χ3n) is 6.07. The number of aliphatic carboxylic acids is 1. The number of aromatic amines is 1. The molecule has 0 saturated carbocycles. The summed E-state index contributed by atoms with van der Waals surface area (Å²) in [5.74, 6) is -2.86. The first kappa shape index (κ1) is 31.0. The molecule has 12 nitrogen and oxygen atoms in total. The van der Waals surface area contributed by atoms with E-state index < -0.39 is 47.9 Å². The van der Waals surface area contributed by atoms with E-state index in [1.54, 1.807) is 0 Å². The minimum atomic E-state index is -1.16. The van der Waals surface area contributed by atoms with Crippen molar-refractivity contribution in [3.8, 4) is 0 Å². The van der Waals surface area contributed by atoms with Crippen molar-refractivity contribution < 1.29 is 24.3 Å². The predicted octanol–water partition coefficient (Wildman–Crippen LogP) is 0.0397. The van der Waals surface area contributed by atoms with Crippen molar-refractivity contribution in [2.75, 3.05) is 6.54 Å². The van der Waals surface area contributed by atoms with Crippen LogP contribution in [0.1, 0.15) is 65.5 Å². The summed E-state index contributed by atoms with van der Waals surface area (Å²) in [4.78, 5) is 57.5. The molecule has 12 heteroatoms. The highest BCUT2D eigenvalue weighted by molar-refractivity contribution is 5.94. The van der Waals surface area contributed by atoms with Crippen molar-refractivity contribution in [2.24, 2.45) is 23.3 Å². The molecule has 1 aromatic heterocycles. The van der Waals surface area contributed by atoms with E-state index in [2.05, 4.69) is 25.9 Å². The van der Waals surface area contributed by atoms with Crippen LogP contribution in [0.3, 0.4) is 0 Å². The fraction of sp³-hybridized carbons (Fsp3) is 0.708. The highest BCUT2D eigenvalue weighted by Gasteiger charge is 2.31. The molecule has 1 aromatic rings. The number of amides is 3. The first-order valence-corrected chi connectivity index (χ1v) is 12.6. The smallest absolute Gasteiger partial charge is 0.326 e. The lowest BCUT2D eigenvalue weighted by atomic mass is 9.98. The molecule has 0 aliphatic rings. The van der Waals surface area contributed by atoms with Gasteiger partial charge in [0.2, 0.25) is 17.7 Å². The maximum absolute atomic E-state index is 13.3. The lowest BCUT2D eigenvalue weighted by molar-refractivity contribution is -0.142. The molecule has 0 spiro atoms. The zero-order valence-electron chi connectivity index (χ0n) is 21.8. The number of unbranched alkanes of at least 4 members (excludes halogenated alkanes) is 1. The van der Waals surface area contributed by atoms with Crippen molar-refractivity contribution in [2.45, 2.75) is 90.4 Å². The summed E-state index contributed by atoms with van der Waals surface area (Å²) in [7, 11) is 0. The zero-order chi connectivity index (χ0) is 27.3. The number of rotatable bonds is 17. The number of imidazole rings is 1. The molecule has 9 N–H and O–H groups in total. The number of carboxylic acids is 1. The van der Waals surface area contributed by atoms with Gasteiger partial charge in [-0.3, -0.25) is 14.4 Å². The van der Waals surface area contributed by atoms with Crippen LogP contribution >= 0.6 is 0 Å². The zero-order valence-corrected chi connectivity index (χ0v) is 21.8. The number of nitrogens with zero attached hydrogens (tertiary/aromatic N) is 1. The maximum atomic E-state index is 13.3. The summed E-state index contributed by atoms with van der Waals surface area (Å²) in [6, 6.07) is -3.91. The Hall–Kier alpha value is -2.99. The summed E-state index contributed by atoms with van der Waals surface area (Å²) in [5.41, 5.74) is 12.2. The molecule has 5 unspecified atom stereocenters. The number of aromatic nitrogens is 2. The normalized spacial score (nSPS) is 15.4. The first-order valence-electron chi connectivity index (χ1n) is 12.6. The largest absolute Gasteiger partial charge is 0.480 e. The third kappa shape index (κ3) is 10.7. The fourth-order valence-electron chi connectivity index (χ4n) is 3.60. The van der Waals surface area contributed by atoms with Crippen LogP contribution in [-0.2, 0) is 25.6 Å². The number of hydrogen-bond donors (Lipinski definition) is 7. The van der Waals surface area contributed by atoms with Crippen molar-refractivity contribution in [3.05, 3.63) is 18.2 Å². The average Bonchev–Trinajstić information content (AvgIpc) is 3.34. The van der Waals surface area contributed by atoms with Gasteiger partial charge in [0.25, 0.3) is 0 Å². The summed E-state index contributed by atoms with van der Waals surface area (Å²) in [6.45, 7) is 7.92. The Balaban J connectivity index is 3.07. The summed E-state index contributed by atoms with van der Waals surface area (Å²) in [5, 5.41) is 17.5. The Morgan fingerprint density at radius 3 is 2.14 bits per heavy atom. The van der Waals surface area contributed by atoms with E-state index in [4.69, 9.17) is 11.5 Å². The van der Waals surface area contributed by atoms with Gasteiger partial charge in [-0.1, -0.05) is 34.1 Å². The molecule has 0 saturated heterocycles. The van der Waals surface area contributed by atoms with Gasteiger partial charge in [-0.25, -0.2) is 9.78 Å². The summed E-state index contributed by atoms with van der Waals surface area (Å²) < 4.78 is 0. The van der Waals surface area contributed by atoms with Gasteiger partial charge in [0.1, 0.15) is 18.1 Å². The lowest BCUT2D eigenvalue weighted by Crippen LogP contribution is -2.58. The van der Waals surface area contributed by atoms with Crippen LogP contribution in [0.4, 0.5) is 0 Å². The highest BCUT2D eigenvalue weighted by atomic mass is 16.4. The minimum absolute atomic E-state index is 0.0314. The van der Waals surface area contributed by atoms with E-state index in [0.717, 1.165) is 0 Å². The van der Waals surface area contributed by atoms with E-state index >= 15 is 0 Å². The van der Waals surface area contributed by atoms with E-state index in [9.17, 15) is 24.3 Å². The Kier molecular flexibility index (Phi) is 13.7. The van der Waals surface area contributed by atoms with Gasteiger partial charge in [-0.2, -0.15) is 0 Å². The summed E-state index contributed by atoms with van der Waals surface area (Å²) in [6.07, 6.45) is 5.50. The van der Waals surface area contributed by atoms with Gasteiger partial charge >= 0.3 is 5.97 Å². The molecule has 0 aliphatic heterocycles. The second-order valence-electron chi connectivity index (χ2n) is 9.63. The average molecular weight is 510 g/mol. The second-order valence-corrected chi connectivity index (χ2v) is 9.63. The molecular formula is C24H43N7O5. The number of nitrogens with one attached hydrogen (secondary N) is 4. The van der Waals surface area contributed by atoms with Crippen LogP contribution < -0.4 is 27.4 Å². The molecule has 0 bridgehead atoms.